The van der Waals surface area contributed by atoms with Gasteiger partial charge < -0.3 is 4.90 Å². The maximum absolute atomic E-state index is 5.16. The summed E-state index contributed by atoms with van der Waals surface area (Å²) < 4.78 is 4.88. The first kappa shape index (κ1) is 24.7. The van der Waals surface area contributed by atoms with Crippen molar-refractivity contribution in [3.63, 3.8) is 0 Å². The molecule has 0 radical (unpaired) electrons. The third-order valence-corrected chi connectivity index (χ3v) is 10.1. The molecule has 0 bridgehead atoms. The van der Waals surface area contributed by atoms with Crippen molar-refractivity contribution >= 4 is 65.8 Å². The first-order valence-electron chi connectivity index (χ1n) is 15.1. The minimum absolute atomic E-state index is 0.0127. The van der Waals surface area contributed by atoms with E-state index in [0.29, 0.717) is 17.6 Å². The highest BCUT2D eigenvalue weighted by molar-refractivity contribution is 7.25. The third kappa shape index (κ3) is 3.54. The van der Waals surface area contributed by atoms with E-state index in [2.05, 4.69) is 113 Å². The highest BCUT2D eigenvalue weighted by atomic mass is 32.1. The van der Waals surface area contributed by atoms with E-state index in [1.165, 1.54) is 37.0 Å². The Balaban J connectivity index is 1.27. The quantitative estimate of drug-likeness (QED) is 0.191. The Morgan fingerprint density at radius 2 is 1.31 bits per heavy atom. The van der Waals surface area contributed by atoms with E-state index >= 15 is 0 Å². The zero-order valence-corrected chi connectivity index (χ0v) is 24.8. The maximum Gasteiger partial charge on any atom is 0.442 e. The van der Waals surface area contributed by atoms with E-state index in [9.17, 15) is 0 Å². The molecule has 5 nitrogen and oxygen atoms in total. The molecule has 2 aliphatic heterocycles. The Hall–Kier alpha value is -5.72. The molecule has 6 heteroatoms. The monoisotopic (exact) mass is 594 g/mol. The normalized spacial score (nSPS) is 16.1. The molecule has 0 fully saturated rings. The van der Waals surface area contributed by atoms with Crippen LogP contribution in [0.4, 0.5) is 23.0 Å². The topological polar surface area (TPSA) is 44.9 Å². The molecular formula is C39H24N5S+. The summed E-state index contributed by atoms with van der Waals surface area (Å²) in [5.41, 5.74) is 9.07. The summed E-state index contributed by atoms with van der Waals surface area (Å²) in [6.45, 7) is 0. The number of hydrogen-bond acceptors (Lipinski definition) is 5. The van der Waals surface area contributed by atoms with Gasteiger partial charge in [0.1, 0.15) is 17.4 Å². The summed E-state index contributed by atoms with van der Waals surface area (Å²) in [6.07, 6.45) is 6.70. The molecule has 5 aromatic carbocycles. The van der Waals surface area contributed by atoms with Crippen LogP contribution in [0, 0.1) is 0 Å². The Morgan fingerprint density at radius 1 is 0.622 bits per heavy atom. The lowest BCUT2D eigenvalue weighted by atomic mass is 9.90. The number of fused-ring (bicyclic) bond motifs is 9. The first-order chi connectivity index (χ1) is 22.3. The molecule has 0 amide bonds. The molecule has 0 saturated carbocycles. The van der Waals surface area contributed by atoms with Gasteiger partial charge in [-0.05, 0) is 76.2 Å². The average Bonchev–Trinajstić information content (AvgIpc) is 3.66. The van der Waals surface area contributed by atoms with Crippen LogP contribution < -0.4 is 9.48 Å². The van der Waals surface area contributed by atoms with Crippen LogP contribution >= 0.6 is 11.3 Å². The van der Waals surface area contributed by atoms with E-state index in [0.717, 1.165) is 28.2 Å². The van der Waals surface area contributed by atoms with Crippen molar-refractivity contribution in [3.8, 4) is 22.8 Å². The van der Waals surface area contributed by atoms with Gasteiger partial charge in [0, 0.05) is 36.9 Å². The third-order valence-electron chi connectivity index (χ3n) is 8.97. The van der Waals surface area contributed by atoms with E-state index in [1.54, 1.807) is 0 Å². The van der Waals surface area contributed by atoms with Crippen molar-refractivity contribution in [2.75, 3.05) is 4.90 Å². The fourth-order valence-corrected chi connectivity index (χ4v) is 8.22. The summed E-state index contributed by atoms with van der Waals surface area (Å²) in [6, 6.07) is 42.3. The molecule has 1 atom stereocenters. The molecule has 210 valence electrons. The van der Waals surface area contributed by atoms with Crippen LogP contribution in [0.15, 0.2) is 140 Å². The number of anilines is 2. The molecule has 1 unspecified atom stereocenters. The molecule has 0 spiro atoms. The molecule has 0 N–H and O–H groups in total. The van der Waals surface area contributed by atoms with Crippen molar-refractivity contribution < 1.29 is 0 Å². The first-order valence-corrected chi connectivity index (χ1v) is 15.9. The van der Waals surface area contributed by atoms with Crippen LogP contribution in [0.5, 0.6) is 0 Å². The number of rotatable bonds is 3. The van der Waals surface area contributed by atoms with Crippen molar-refractivity contribution in [2.24, 2.45) is 0 Å². The molecule has 3 aliphatic rings. The summed E-state index contributed by atoms with van der Waals surface area (Å²) >= 11 is 1.87. The molecule has 0 saturated heterocycles. The van der Waals surface area contributed by atoms with Gasteiger partial charge in [-0.1, -0.05) is 78.9 Å². The van der Waals surface area contributed by atoms with Gasteiger partial charge in [0.2, 0.25) is 11.6 Å². The van der Waals surface area contributed by atoms with E-state index in [1.807, 2.05) is 47.7 Å². The number of allylic oxidation sites excluding steroid dienone is 2. The lowest BCUT2D eigenvalue weighted by Crippen LogP contribution is -2.43. The second-order valence-corrected chi connectivity index (χ2v) is 12.5. The Kier molecular flexibility index (Phi) is 5.15. The van der Waals surface area contributed by atoms with Crippen molar-refractivity contribution in [1.82, 2.24) is 19.5 Å². The van der Waals surface area contributed by atoms with Crippen LogP contribution in [-0.4, -0.2) is 26.7 Å². The molecule has 7 aromatic rings. The Labute approximate surface area is 263 Å². The van der Waals surface area contributed by atoms with Crippen LogP contribution in [-0.2, 0) is 0 Å². The fraction of sp³-hybridized carbons (Fsp3) is 0.0256. The minimum atomic E-state index is -0.0127. The van der Waals surface area contributed by atoms with Gasteiger partial charge in [0.15, 0.2) is 0 Å². The van der Waals surface area contributed by atoms with Gasteiger partial charge in [-0.3, -0.25) is 0 Å². The van der Waals surface area contributed by atoms with Gasteiger partial charge in [-0.15, -0.1) is 11.3 Å². The van der Waals surface area contributed by atoms with Gasteiger partial charge in [-0.2, -0.15) is 9.56 Å². The second kappa shape index (κ2) is 9.39. The zero-order chi connectivity index (χ0) is 29.5. The summed E-state index contributed by atoms with van der Waals surface area (Å²) in [5, 5.41) is 2.65. The molecule has 2 aromatic heterocycles. The lowest BCUT2D eigenvalue weighted by Gasteiger charge is -2.35. The second-order valence-electron chi connectivity index (χ2n) is 11.4. The predicted molar refractivity (Wildman–Crippen MR) is 186 cm³/mol. The van der Waals surface area contributed by atoms with Crippen molar-refractivity contribution in [1.29, 1.82) is 0 Å². The van der Waals surface area contributed by atoms with Gasteiger partial charge >= 0.3 is 5.95 Å². The molecule has 10 rings (SSSR count). The van der Waals surface area contributed by atoms with Crippen molar-refractivity contribution in [2.45, 2.75) is 6.04 Å². The average molecular weight is 595 g/mol. The number of benzene rings is 5. The smallest absolute Gasteiger partial charge is 0.323 e. The number of para-hydroxylation sites is 2. The molecule has 4 heterocycles. The van der Waals surface area contributed by atoms with Crippen molar-refractivity contribution in [3.05, 3.63) is 145 Å². The Morgan fingerprint density at radius 3 is 2.09 bits per heavy atom. The fourth-order valence-electron chi connectivity index (χ4n) is 7.10. The highest BCUT2D eigenvalue weighted by Crippen LogP contribution is 2.55. The van der Waals surface area contributed by atoms with Crippen LogP contribution in [0.2, 0.25) is 0 Å². The Bertz CT molecular complexity index is 2380. The number of thiophene rings is 1. The van der Waals surface area contributed by atoms with E-state index in [-0.39, 0.29) is 6.04 Å². The standard InChI is InChI=1S/C39H24N5S/c1-3-12-24(13-4-1)37-40-38(25-14-5-2-6-15-25)42-39(41-37)44-29-19-9-8-18-28(29)43-30-22-23-33-35(26-16-7-10-21-32(26)45-33)34(30)27-17-11-20-31(44)36(27)43/h1-23,36H/q+1. The van der Waals surface area contributed by atoms with Gasteiger partial charge in [0.25, 0.3) is 0 Å². The maximum atomic E-state index is 5.16. The summed E-state index contributed by atoms with van der Waals surface area (Å²) in [7, 11) is 0. The zero-order valence-electron chi connectivity index (χ0n) is 24.0. The van der Waals surface area contributed by atoms with E-state index in [4.69, 9.17) is 15.0 Å². The summed E-state index contributed by atoms with van der Waals surface area (Å²) in [5.74, 6) is 1.91. The highest BCUT2D eigenvalue weighted by Gasteiger charge is 2.47. The van der Waals surface area contributed by atoms with Crippen LogP contribution in [0.3, 0.4) is 0 Å². The van der Waals surface area contributed by atoms with E-state index < -0.39 is 0 Å². The number of hydrogen-bond donors (Lipinski definition) is 0. The SMILES string of the molecule is C1=CC2=[N+](c3nc(-c4ccccc4)nc(-c4ccccc4)n3)c3ccccc3N3c4ccc5sc6ccccc6c5c4C(=C1)C23. The van der Waals surface area contributed by atoms with Gasteiger partial charge in [-0.25, -0.2) is 0 Å². The molecule has 1 aliphatic carbocycles. The molecule has 45 heavy (non-hydrogen) atoms. The minimum Gasteiger partial charge on any atom is -0.323 e. The lowest BCUT2D eigenvalue weighted by molar-refractivity contribution is 0.871. The molecular weight excluding hydrogens is 571 g/mol. The predicted octanol–water partition coefficient (Wildman–Crippen LogP) is 9.34. The van der Waals surface area contributed by atoms with Gasteiger partial charge in [0.05, 0.1) is 11.4 Å². The number of aromatic nitrogens is 3. The largest absolute Gasteiger partial charge is 0.442 e. The van der Waals surface area contributed by atoms with Crippen LogP contribution in [0.1, 0.15) is 5.56 Å². The van der Waals surface area contributed by atoms with Crippen LogP contribution in [0.25, 0.3) is 48.5 Å². The number of nitrogens with zero attached hydrogens (tertiary/aromatic N) is 5. The summed E-state index contributed by atoms with van der Waals surface area (Å²) in [4.78, 5) is 17.8.